The molecule has 0 bridgehead atoms. The van der Waals surface area contributed by atoms with Gasteiger partial charge in [-0.3, -0.25) is 4.79 Å². The number of thioether (sulfide) groups is 1. The van der Waals surface area contributed by atoms with Crippen LogP contribution in [0.1, 0.15) is 45.7 Å². The van der Waals surface area contributed by atoms with Crippen LogP contribution < -0.4 is 11.3 Å². The predicted octanol–water partition coefficient (Wildman–Crippen LogP) is 2.33. The molecule has 1 aliphatic rings. The van der Waals surface area contributed by atoms with Crippen LogP contribution in [-0.4, -0.2) is 21.3 Å². The fourth-order valence-corrected chi connectivity index (χ4v) is 3.93. The van der Waals surface area contributed by atoms with Gasteiger partial charge in [-0.05, 0) is 24.7 Å². The van der Waals surface area contributed by atoms with Gasteiger partial charge in [0.15, 0.2) is 5.16 Å². The molecule has 0 amide bonds. The highest BCUT2D eigenvalue weighted by Crippen LogP contribution is 2.43. The first-order valence-corrected chi connectivity index (χ1v) is 7.83. The zero-order valence-corrected chi connectivity index (χ0v) is 12.7. The molecule has 1 fully saturated rings. The summed E-state index contributed by atoms with van der Waals surface area (Å²) in [5.41, 5.74) is 7.29. The minimum Gasteiger partial charge on any atom is -0.326 e. The Hall–Kier alpha value is -0.810. The summed E-state index contributed by atoms with van der Waals surface area (Å²) in [7, 11) is 0. The van der Waals surface area contributed by atoms with E-state index < -0.39 is 0 Å². The molecule has 2 rings (SSSR count). The Morgan fingerprint density at radius 1 is 1.58 bits per heavy atom. The zero-order chi connectivity index (χ0) is 14.0. The number of nitrogens with two attached hydrogens (primary N) is 1. The highest BCUT2D eigenvalue weighted by atomic mass is 32.2. The lowest BCUT2D eigenvalue weighted by atomic mass is 9.88. The summed E-state index contributed by atoms with van der Waals surface area (Å²) >= 11 is 1.62. The second-order valence-electron chi connectivity index (χ2n) is 6.00. The monoisotopic (exact) mass is 281 g/mol. The van der Waals surface area contributed by atoms with Crippen molar-refractivity contribution >= 4 is 11.8 Å². The molecule has 2 atom stereocenters. The van der Waals surface area contributed by atoms with E-state index in [1.54, 1.807) is 17.8 Å². The highest BCUT2D eigenvalue weighted by Gasteiger charge is 2.40. The van der Waals surface area contributed by atoms with Gasteiger partial charge in [-0.25, -0.2) is 4.98 Å². The minimum absolute atomic E-state index is 0.0632. The van der Waals surface area contributed by atoms with E-state index in [0.29, 0.717) is 10.4 Å². The number of nitrogens with zero attached hydrogens (tertiary/aromatic N) is 1. The van der Waals surface area contributed by atoms with E-state index in [2.05, 4.69) is 30.7 Å². The SMILES string of the molecule is CCCc1cc(=O)[nH]c(SC2CCC(C)(C)C2N)n1. The van der Waals surface area contributed by atoms with Crippen LogP contribution in [0.25, 0.3) is 0 Å². The van der Waals surface area contributed by atoms with Crippen molar-refractivity contribution in [1.82, 2.24) is 9.97 Å². The van der Waals surface area contributed by atoms with Crippen LogP contribution in [-0.2, 0) is 6.42 Å². The third-order valence-corrected chi connectivity index (χ3v) is 5.17. The zero-order valence-electron chi connectivity index (χ0n) is 11.9. The molecule has 19 heavy (non-hydrogen) atoms. The number of aromatic amines is 1. The quantitative estimate of drug-likeness (QED) is 0.831. The molecular formula is C14H23N3OS. The normalized spacial score (nSPS) is 25.7. The Morgan fingerprint density at radius 2 is 2.32 bits per heavy atom. The summed E-state index contributed by atoms with van der Waals surface area (Å²) in [6.45, 7) is 6.51. The molecule has 3 N–H and O–H groups in total. The number of rotatable bonds is 4. The molecule has 0 saturated heterocycles. The Morgan fingerprint density at radius 3 is 2.89 bits per heavy atom. The summed E-state index contributed by atoms with van der Waals surface area (Å²) in [4.78, 5) is 19.0. The molecular weight excluding hydrogens is 258 g/mol. The summed E-state index contributed by atoms with van der Waals surface area (Å²) in [6, 6.07) is 1.74. The van der Waals surface area contributed by atoms with Crippen molar-refractivity contribution < 1.29 is 0 Å². The lowest BCUT2D eigenvalue weighted by Gasteiger charge is -2.26. The van der Waals surface area contributed by atoms with Gasteiger partial charge in [-0.1, -0.05) is 39.0 Å². The molecule has 5 heteroatoms. The Balaban J connectivity index is 2.13. The van der Waals surface area contributed by atoms with Gasteiger partial charge in [0, 0.05) is 23.1 Å². The molecule has 2 unspecified atom stereocenters. The van der Waals surface area contributed by atoms with E-state index in [0.717, 1.165) is 31.4 Å². The molecule has 0 radical (unpaired) electrons. The lowest BCUT2D eigenvalue weighted by Crippen LogP contribution is -2.38. The molecule has 0 aromatic carbocycles. The predicted molar refractivity (Wildman–Crippen MR) is 79.5 cm³/mol. The second kappa shape index (κ2) is 5.67. The van der Waals surface area contributed by atoms with E-state index in [1.165, 1.54) is 0 Å². The van der Waals surface area contributed by atoms with E-state index in [-0.39, 0.29) is 17.0 Å². The fraction of sp³-hybridized carbons (Fsp3) is 0.714. The molecule has 1 aliphatic carbocycles. The van der Waals surface area contributed by atoms with Crippen LogP contribution in [0.15, 0.2) is 16.0 Å². The van der Waals surface area contributed by atoms with Gasteiger partial charge >= 0.3 is 0 Å². The van der Waals surface area contributed by atoms with Crippen molar-refractivity contribution in [3.8, 4) is 0 Å². The van der Waals surface area contributed by atoms with Crippen LogP contribution in [0.5, 0.6) is 0 Å². The Labute approximate surface area is 118 Å². The van der Waals surface area contributed by atoms with Crippen LogP contribution in [0.3, 0.4) is 0 Å². The Kier molecular flexibility index (Phi) is 4.36. The number of nitrogens with one attached hydrogen (secondary N) is 1. The van der Waals surface area contributed by atoms with Gasteiger partial charge in [0.2, 0.25) is 0 Å². The van der Waals surface area contributed by atoms with Crippen molar-refractivity contribution in [2.75, 3.05) is 0 Å². The number of H-pyrrole nitrogens is 1. The van der Waals surface area contributed by atoms with Gasteiger partial charge < -0.3 is 10.7 Å². The van der Waals surface area contributed by atoms with E-state index >= 15 is 0 Å². The van der Waals surface area contributed by atoms with E-state index in [1.807, 2.05) is 0 Å². The van der Waals surface area contributed by atoms with Crippen LogP contribution in [0, 0.1) is 5.41 Å². The molecule has 4 nitrogen and oxygen atoms in total. The number of aryl methyl sites for hydroxylation is 1. The molecule has 0 spiro atoms. The molecule has 1 aromatic rings. The largest absolute Gasteiger partial charge is 0.326 e. The lowest BCUT2D eigenvalue weighted by molar-refractivity contribution is 0.334. The first kappa shape index (κ1) is 14.6. The summed E-state index contributed by atoms with van der Waals surface area (Å²) < 4.78 is 0. The molecule has 1 aromatic heterocycles. The number of aromatic nitrogens is 2. The number of hydrogen-bond acceptors (Lipinski definition) is 4. The molecule has 1 heterocycles. The third-order valence-electron chi connectivity index (χ3n) is 3.92. The van der Waals surface area contributed by atoms with Gasteiger partial charge in [-0.15, -0.1) is 0 Å². The number of hydrogen-bond donors (Lipinski definition) is 2. The van der Waals surface area contributed by atoms with Crippen molar-refractivity contribution in [3.63, 3.8) is 0 Å². The third kappa shape index (κ3) is 3.39. The molecule has 106 valence electrons. The first-order valence-electron chi connectivity index (χ1n) is 6.95. The maximum atomic E-state index is 11.6. The van der Waals surface area contributed by atoms with Crippen molar-refractivity contribution in [2.45, 2.75) is 62.9 Å². The van der Waals surface area contributed by atoms with Crippen LogP contribution in [0.2, 0.25) is 0 Å². The van der Waals surface area contributed by atoms with Gasteiger partial charge in [0.25, 0.3) is 5.56 Å². The summed E-state index contributed by atoms with van der Waals surface area (Å²) in [5, 5.41) is 1.06. The van der Waals surface area contributed by atoms with E-state index in [4.69, 9.17) is 5.73 Å². The summed E-state index contributed by atoms with van der Waals surface area (Å²) in [5.74, 6) is 0. The van der Waals surface area contributed by atoms with Gasteiger partial charge in [0.05, 0.1) is 0 Å². The van der Waals surface area contributed by atoms with Crippen molar-refractivity contribution in [3.05, 3.63) is 22.1 Å². The summed E-state index contributed by atoms with van der Waals surface area (Å²) in [6.07, 6.45) is 4.06. The maximum Gasteiger partial charge on any atom is 0.251 e. The van der Waals surface area contributed by atoms with Crippen LogP contribution in [0.4, 0.5) is 0 Å². The van der Waals surface area contributed by atoms with Crippen molar-refractivity contribution in [2.24, 2.45) is 11.1 Å². The van der Waals surface area contributed by atoms with E-state index in [9.17, 15) is 4.79 Å². The highest BCUT2D eigenvalue weighted by molar-refractivity contribution is 7.99. The average molecular weight is 281 g/mol. The van der Waals surface area contributed by atoms with Gasteiger partial charge in [-0.2, -0.15) is 0 Å². The molecule has 1 saturated carbocycles. The first-order chi connectivity index (χ1) is 8.92. The fourth-order valence-electron chi connectivity index (χ4n) is 2.56. The maximum absolute atomic E-state index is 11.6. The van der Waals surface area contributed by atoms with Crippen LogP contribution >= 0.6 is 11.8 Å². The molecule has 0 aliphatic heterocycles. The smallest absolute Gasteiger partial charge is 0.251 e. The second-order valence-corrected chi connectivity index (χ2v) is 7.23. The Bertz CT molecular complexity index is 498. The minimum atomic E-state index is -0.0632. The average Bonchev–Trinajstić information content (AvgIpc) is 2.56. The topological polar surface area (TPSA) is 71.8 Å². The van der Waals surface area contributed by atoms with Crippen molar-refractivity contribution in [1.29, 1.82) is 0 Å². The van der Waals surface area contributed by atoms with Gasteiger partial charge in [0.1, 0.15) is 0 Å². The standard InChI is InChI=1S/C14H23N3OS/c1-4-5-9-8-11(18)17-13(16-9)19-10-6-7-14(2,3)12(10)15/h8,10,12H,4-7,15H2,1-3H3,(H,16,17,18).